The Kier molecular flexibility index (Phi) is 4.72. The van der Waals surface area contributed by atoms with E-state index in [2.05, 4.69) is 4.72 Å². The summed E-state index contributed by atoms with van der Waals surface area (Å²) in [5.41, 5.74) is 0.791. The number of sulfonamides is 1. The van der Waals surface area contributed by atoms with Crippen molar-refractivity contribution in [3.63, 3.8) is 0 Å². The summed E-state index contributed by atoms with van der Waals surface area (Å²) in [6, 6.07) is 6.35. The van der Waals surface area contributed by atoms with Crippen molar-refractivity contribution in [3.8, 4) is 5.75 Å². The van der Waals surface area contributed by atoms with E-state index in [0.29, 0.717) is 0 Å². The zero-order chi connectivity index (χ0) is 12.0. The molecule has 1 aromatic rings. The van der Waals surface area contributed by atoms with Gasteiger partial charge in [0.1, 0.15) is 5.75 Å². The molecule has 16 heavy (non-hydrogen) atoms. The van der Waals surface area contributed by atoms with Crippen LogP contribution in [0.4, 0.5) is 0 Å². The molecular weight excluding hydrogens is 230 g/mol. The predicted octanol–water partition coefficient (Wildman–Crippen LogP) is 0.458. The van der Waals surface area contributed by atoms with E-state index in [4.69, 9.17) is 9.84 Å². The summed E-state index contributed by atoms with van der Waals surface area (Å²) >= 11 is 0. The fourth-order valence-corrected chi connectivity index (χ4v) is 1.99. The molecule has 1 rings (SSSR count). The van der Waals surface area contributed by atoms with Crippen molar-refractivity contribution in [3.05, 3.63) is 29.8 Å². The minimum absolute atomic E-state index is 0.0540. The van der Waals surface area contributed by atoms with Gasteiger partial charge in [0.2, 0.25) is 10.0 Å². The maximum absolute atomic E-state index is 11.4. The normalized spacial score (nSPS) is 11.6. The molecule has 0 aliphatic heterocycles. The first-order chi connectivity index (χ1) is 7.53. The standard InChI is InChI=1S/C10H15NO4S/c1-15-6-7-16(13,14)11-8-9-2-4-10(12)5-3-9/h2-5,11-12H,6-8H2,1H3. The number of rotatable bonds is 6. The van der Waals surface area contributed by atoms with Gasteiger partial charge in [-0.2, -0.15) is 0 Å². The van der Waals surface area contributed by atoms with Crippen molar-refractivity contribution in [2.75, 3.05) is 19.5 Å². The van der Waals surface area contributed by atoms with Gasteiger partial charge in [0, 0.05) is 13.7 Å². The molecule has 0 atom stereocenters. The summed E-state index contributed by atoms with van der Waals surface area (Å²) in [6.45, 7) is 0.386. The van der Waals surface area contributed by atoms with Crippen LogP contribution < -0.4 is 4.72 Å². The van der Waals surface area contributed by atoms with Crippen molar-refractivity contribution in [1.82, 2.24) is 4.72 Å². The lowest BCUT2D eigenvalue weighted by atomic mass is 10.2. The molecule has 90 valence electrons. The minimum Gasteiger partial charge on any atom is -0.508 e. The molecule has 0 amide bonds. The molecule has 0 unspecified atom stereocenters. The van der Waals surface area contributed by atoms with Crippen LogP contribution in [0.25, 0.3) is 0 Å². The summed E-state index contributed by atoms with van der Waals surface area (Å²) < 4.78 is 29.9. The quantitative estimate of drug-likeness (QED) is 0.763. The van der Waals surface area contributed by atoms with Crippen LogP contribution in [0.15, 0.2) is 24.3 Å². The number of phenols is 1. The molecule has 0 fully saturated rings. The zero-order valence-electron chi connectivity index (χ0n) is 9.01. The van der Waals surface area contributed by atoms with E-state index < -0.39 is 10.0 Å². The Morgan fingerprint density at radius 1 is 1.31 bits per heavy atom. The van der Waals surface area contributed by atoms with Crippen LogP contribution in [0, 0.1) is 0 Å². The number of methoxy groups -OCH3 is 1. The van der Waals surface area contributed by atoms with E-state index in [1.807, 2.05) is 0 Å². The first-order valence-corrected chi connectivity index (χ1v) is 6.43. The maximum atomic E-state index is 11.4. The monoisotopic (exact) mass is 245 g/mol. The lowest BCUT2D eigenvalue weighted by molar-refractivity contribution is 0.217. The summed E-state index contributed by atoms with van der Waals surface area (Å²) in [5, 5.41) is 9.05. The van der Waals surface area contributed by atoms with Gasteiger partial charge in [0.15, 0.2) is 0 Å². The Balaban J connectivity index is 2.48. The lowest BCUT2D eigenvalue weighted by Gasteiger charge is -2.06. The van der Waals surface area contributed by atoms with Crippen LogP contribution in [0.3, 0.4) is 0 Å². The fourth-order valence-electron chi connectivity index (χ4n) is 1.07. The Labute approximate surface area is 95.1 Å². The van der Waals surface area contributed by atoms with E-state index in [9.17, 15) is 8.42 Å². The highest BCUT2D eigenvalue weighted by molar-refractivity contribution is 7.89. The van der Waals surface area contributed by atoms with E-state index in [0.717, 1.165) is 5.56 Å². The van der Waals surface area contributed by atoms with E-state index in [-0.39, 0.29) is 24.7 Å². The maximum Gasteiger partial charge on any atom is 0.214 e. The smallest absolute Gasteiger partial charge is 0.214 e. The number of hydrogen-bond donors (Lipinski definition) is 2. The predicted molar refractivity (Wildman–Crippen MR) is 60.6 cm³/mol. The van der Waals surface area contributed by atoms with Crippen LogP contribution >= 0.6 is 0 Å². The van der Waals surface area contributed by atoms with Gasteiger partial charge >= 0.3 is 0 Å². The molecule has 0 radical (unpaired) electrons. The number of ether oxygens (including phenoxy) is 1. The van der Waals surface area contributed by atoms with Crippen LogP contribution in [0.2, 0.25) is 0 Å². The number of phenolic OH excluding ortho intramolecular Hbond substituents is 1. The van der Waals surface area contributed by atoms with Gasteiger partial charge in [-0.1, -0.05) is 12.1 Å². The Bertz CT molecular complexity index is 413. The molecule has 6 heteroatoms. The second-order valence-corrected chi connectivity index (χ2v) is 5.23. The number of aromatic hydroxyl groups is 1. The third kappa shape index (κ3) is 4.61. The van der Waals surface area contributed by atoms with Crippen LogP contribution in [0.5, 0.6) is 5.75 Å². The minimum atomic E-state index is -3.29. The number of benzene rings is 1. The molecule has 0 aromatic heterocycles. The Morgan fingerprint density at radius 3 is 2.50 bits per heavy atom. The molecule has 0 aliphatic carbocycles. The molecule has 2 N–H and O–H groups in total. The van der Waals surface area contributed by atoms with Crippen molar-refractivity contribution in [1.29, 1.82) is 0 Å². The van der Waals surface area contributed by atoms with Gasteiger partial charge in [-0.25, -0.2) is 13.1 Å². The highest BCUT2D eigenvalue weighted by Crippen LogP contribution is 2.09. The Hall–Kier alpha value is -1.11. The highest BCUT2D eigenvalue weighted by atomic mass is 32.2. The summed E-state index contributed by atoms with van der Waals surface area (Å²) in [5.74, 6) is 0.104. The van der Waals surface area contributed by atoms with E-state index in [1.54, 1.807) is 12.1 Å². The average molecular weight is 245 g/mol. The molecule has 0 bridgehead atoms. The van der Waals surface area contributed by atoms with Gasteiger partial charge in [-0.15, -0.1) is 0 Å². The molecule has 5 nitrogen and oxygen atoms in total. The first kappa shape index (κ1) is 13.0. The van der Waals surface area contributed by atoms with E-state index in [1.165, 1.54) is 19.2 Å². The largest absolute Gasteiger partial charge is 0.508 e. The second-order valence-electron chi connectivity index (χ2n) is 3.30. The third-order valence-corrected chi connectivity index (χ3v) is 3.28. The molecule has 0 saturated carbocycles. The van der Waals surface area contributed by atoms with Gasteiger partial charge in [0.25, 0.3) is 0 Å². The molecular formula is C10H15NO4S. The summed E-state index contributed by atoms with van der Waals surface area (Å²) in [4.78, 5) is 0. The average Bonchev–Trinajstić information content (AvgIpc) is 2.26. The van der Waals surface area contributed by atoms with Crippen LogP contribution in [-0.2, 0) is 21.3 Å². The van der Waals surface area contributed by atoms with Gasteiger partial charge < -0.3 is 9.84 Å². The highest BCUT2D eigenvalue weighted by Gasteiger charge is 2.08. The number of nitrogens with one attached hydrogen (secondary N) is 1. The number of hydrogen-bond acceptors (Lipinski definition) is 4. The van der Waals surface area contributed by atoms with Crippen LogP contribution in [-0.4, -0.2) is 33.0 Å². The van der Waals surface area contributed by atoms with Crippen molar-refractivity contribution < 1.29 is 18.3 Å². The molecule has 1 aromatic carbocycles. The first-order valence-electron chi connectivity index (χ1n) is 4.78. The van der Waals surface area contributed by atoms with Gasteiger partial charge in [-0.3, -0.25) is 0 Å². The summed E-state index contributed by atoms with van der Waals surface area (Å²) in [7, 11) is -1.84. The second kappa shape index (κ2) is 5.83. The van der Waals surface area contributed by atoms with Crippen molar-refractivity contribution in [2.45, 2.75) is 6.54 Å². The topological polar surface area (TPSA) is 75.6 Å². The van der Waals surface area contributed by atoms with E-state index >= 15 is 0 Å². The zero-order valence-corrected chi connectivity index (χ0v) is 9.83. The van der Waals surface area contributed by atoms with Crippen molar-refractivity contribution >= 4 is 10.0 Å². The SMILES string of the molecule is COCCS(=O)(=O)NCc1ccc(O)cc1. The third-order valence-electron chi connectivity index (χ3n) is 1.99. The van der Waals surface area contributed by atoms with Gasteiger partial charge in [0.05, 0.1) is 12.4 Å². The van der Waals surface area contributed by atoms with Crippen molar-refractivity contribution in [2.24, 2.45) is 0 Å². The molecule has 0 heterocycles. The van der Waals surface area contributed by atoms with Crippen LogP contribution in [0.1, 0.15) is 5.56 Å². The Morgan fingerprint density at radius 2 is 1.94 bits per heavy atom. The lowest BCUT2D eigenvalue weighted by Crippen LogP contribution is -2.27. The van der Waals surface area contributed by atoms with Gasteiger partial charge in [-0.05, 0) is 17.7 Å². The molecule has 0 saturated heterocycles. The molecule has 0 aliphatic rings. The fraction of sp³-hybridized carbons (Fsp3) is 0.400. The summed E-state index contributed by atoms with van der Waals surface area (Å²) in [6.07, 6.45) is 0. The molecule has 0 spiro atoms.